The van der Waals surface area contributed by atoms with Gasteiger partial charge in [0, 0.05) is 11.1 Å². The number of aromatic hydroxyl groups is 2. The summed E-state index contributed by atoms with van der Waals surface area (Å²) in [6, 6.07) is 7.63. The average Bonchev–Trinajstić information content (AvgIpc) is 2.41. The summed E-state index contributed by atoms with van der Waals surface area (Å²) in [5, 5.41) is 19.9. The minimum Gasteiger partial charge on any atom is -0.504 e. The standard InChI is InChI=1S/C17H18O4/c1-9-5-6-12-10(7-9)11-8-13(18)14(19)16(20-4)15(11)21-17(12,2)3/h5-8,18-19H,1-4H3. The highest BCUT2D eigenvalue weighted by Gasteiger charge is 2.36. The largest absolute Gasteiger partial charge is 0.504 e. The maximum atomic E-state index is 9.97. The molecule has 1 heterocycles. The van der Waals surface area contributed by atoms with E-state index in [9.17, 15) is 10.2 Å². The Balaban J connectivity index is 2.40. The van der Waals surface area contributed by atoms with Gasteiger partial charge < -0.3 is 19.7 Å². The van der Waals surface area contributed by atoms with Crippen molar-refractivity contribution in [3.8, 4) is 34.1 Å². The van der Waals surface area contributed by atoms with Crippen molar-refractivity contribution in [2.24, 2.45) is 0 Å². The van der Waals surface area contributed by atoms with E-state index in [0.717, 1.165) is 22.3 Å². The van der Waals surface area contributed by atoms with Crippen molar-refractivity contribution in [2.45, 2.75) is 26.4 Å². The molecule has 0 saturated carbocycles. The fraction of sp³-hybridized carbons (Fsp3) is 0.294. The number of ether oxygens (including phenoxy) is 2. The van der Waals surface area contributed by atoms with Crippen molar-refractivity contribution in [2.75, 3.05) is 7.11 Å². The number of rotatable bonds is 1. The van der Waals surface area contributed by atoms with Gasteiger partial charge in [-0.3, -0.25) is 0 Å². The second-order valence-corrected chi connectivity index (χ2v) is 5.82. The Labute approximate surface area is 123 Å². The maximum Gasteiger partial charge on any atom is 0.207 e. The molecule has 2 N–H and O–H groups in total. The van der Waals surface area contributed by atoms with Gasteiger partial charge in [0.1, 0.15) is 5.60 Å². The lowest BCUT2D eigenvalue weighted by atomic mass is 9.85. The second-order valence-electron chi connectivity index (χ2n) is 5.82. The van der Waals surface area contributed by atoms with Crippen LogP contribution < -0.4 is 9.47 Å². The van der Waals surface area contributed by atoms with Gasteiger partial charge in [0.25, 0.3) is 0 Å². The highest BCUT2D eigenvalue weighted by atomic mass is 16.5. The molecule has 4 nitrogen and oxygen atoms in total. The van der Waals surface area contributed by atoms with Gasteiger partial charge in [0.15, 0.2) is 11.5 Å². The molecule has 0 aromatic heterocycles. The zero-order valence-corrected chi connectivity index (χ0v) is 12.5. The minimum atomic E-state index is -0.549. The van der Waals surface area contributed by atoms with Crippen molar-refractivity contribution < 1.29 is 19.7 Å². The molecule has 1 aliphatic heterocycles. The van der Waals surface area contributed by atoms with E-state index in [1.165, 1.54) is 13.2 Å². The maximum absolute atomic E-state index is 9.97. The fourth-order valence-electron chi connectivity index (χ4n) is 2.82. The summed E-state index contributed by atoms with van der Waals surface area (Å²) in [6.07, 6.45) is 0. The number of benzene rings is 2. The first-order valence-electron chi connectivity index (χ1n) is 6.78. The molecule has 0 unspecified atom stereocenters. The van der Waals surface area contributed by atoms with Gasteiger partial charge in [0.05, 0.1) is 7.11 Å². The summed E-state index contributed by atoms with van der Waals surface area (Å²) in [5.41, 5.74) is 3.30. The number of phenolic OH excluding ortho intramolecular Hbond substituents is 2. The Morgan fingerprint density at radius 2 is 1.81 bits per heavy atom. The number of methoxy groups -OCH3 is 1. The van der Waals surface area contributed by atoms with Crippen molar-refractivity contribution >= 4 is 0 Å². The molecule has 0 fully saturated rings. The van der Waals surface area contributed by atoms with Gasteiger partial charge in [-0.05, 0) is 32.4 Å². The van der Waals surface area contributed by atoms with Crippen LogP contribution >= 0.6 is 0 Å². The normalized spacial score (nSPS) is 14.9. The lowest BCUT2D eigenvalue weighted by Gasteiger charge is -2.36. The predicted octanol–water partition coefficient (Wildman–Crippen LogP) is 3.71. The topological polar surface area (TPSA) is 58.9 Å². The summed E-state index contributed by atoms with van der Waals surface area (Å²) >= 11 is 0. The van der Waals surface area contributed by atoms with Crippen LogP contribution in [-0.2, 0) is 5.60 Å². The van der Waals surface area contributed by atoms with Crippen molar-refractivity contribution in [1.82, 2.24) is 0 Å². The molecule has 0 aliphatic carbocycles. The van der Waals surface area contributed by atoms with E-state index in [-0.39, 0.29) is 17.2 Å². The molecule has 4 heteroatoms. The molecule has 21 heavy (non-hydrogen) atoms. The van der Waals surface area contributed by atoms with Gasteiger partial charge >= 0.3 is 0 Å². The van der Waals surface area contributed by atoms with Crippen LogP contribution in [0.2, 0.25) is 0 Å². The van der Waals surface area contributed by atoms with Gasteiger partial charge in [-0.15, -0.1) is 0 Å². The molecule has 0 radical (unpaired) electrons. The molecule has 0 spiro atoms. The van der Waals surface area contributed by atoms with E-state index in [1.54, 1.807) is 0 Å². The molecular formula is C17H18O4. The van der Waals surface area contributed by atoms with E-state index >= 15 is 0 Å². The summed E-state index contributed by atoms with van der Waals surface area (Å²) in [4.78, 5) is 0. The van der Waals surface area contributed by atoms with Crippen LogP contribution in [0.15, 0.2) is 24.3 Å². The number of fused-ring (bicyclic) bond motifs is 3. The van der Waals surface area contributed by atoms with Crippen molar-refractivity contribution in [1.29, 1.82) is 0 Å². The van der Waals surface area contributed by atoms with Gasteiger partial charge in [-0.25, -0.2) is 0 Å². The molecular weight excluding hydrogens is 268 g/mol. The summed E-state index contributed by atoms with van der Waals surface area (Å²) in [7, 11) is 1.44. The molecule has 3 rings (SSSR count). The van der Waals surface area contributed by atoms with Crippen molar-refractivity contribution in [3.05, 3.63) is 35.4 Å². The summed E-state index contributed by atoms with van der Waals surface area (Å²) in [5.74, 6) is 0.0886. The smallest absolute Gasteiger partial charge is 0.207 e. The Kier molecular flexibility index (Phi) is 2.80. The van der Waals surface area contributed by atoms with Crippen LogP contribution in [0.3, 0.4) is 0 Å². The minimum absolute atomic E-state index is 0.158. The first kappa shape index (κ1) is 13.6. The highest BCUT2D eigenvalue weighted by Crippen LogP contribution is 2.55. The third-order valence-electron chi connectivity index (χ3n) is 3.86. The van der Waals surface area contributed by atoms with Crippen LogP contribution in [0.5, 0.6) is 23.0 Å². The fourth-order valence-corrected chi connectivity index (χ4v) is 2.82. The molecule has 2 aromatic rings. The molecule has 0 amide bonds. The molecule has 0 atom stereocenters. The van der Waals surface area contributed by atoms with Crippen LogP contribution in [-0.4, -0.2) is 17.3 Å². The van der Waals surface area contributed by atoms with Crippen LogP contribution in [0.4, 0.5) is 0 Å². The van der Waals surface area contributed by atoms with Crippen LogP contribution in [0.1, 0.15) is 25.0 Å². The Morgan fingerprint density at radius 3 is 2.48 bits per heavy atom. The zero-order valence-electron chi connectivity index (χ0n) is 12.5. The summed E-state index contributed by atoms with van der Waals surface area (Å²) in [6.45, 7) is 5.95. The quantitative estimate of drug-likeness (QED) is 0.785. The zero-order chi connectivity index (χ0) is 15.4. The van der Waals surface area contributed by atoms with Gasteiger partial charge in [-0.1, -0.05) is 23.8 Å². The van der Waals surface area contributed by atoms with Gasteiger partial charge in [-0.2, -0.15) is 0 Å². The molecule has 0 bridgehead atoms. The number of hydrogen-bond acceptors (Lipinski definition) is 4. The average molecular weight is 286 g/mol. The van der Waals surface area contributed by atoms with E-state index in [2.05, 4.69) is 0 Å². The lowest BCUT2D eigenvalue weighted by Crippen LogP contribution is -2.29. The monoisotopic (exact) mass is 286 g/mol. The number of phenols is 2. The van der Waals surface area contributed by atoms with Gasteiger partial charge in [0.2, 0.25) is 11.5 Å². The Morgan fingerprint density at radius 1 is 1.10 bits per heavy atom. The van der Waals surface area contributed by atoms with E-state index < -0.39 is 5.60 Å². The van der Waals surface area contributed by atoms with E-state index in [4.69, 9.17) is 9.47 Å². The molecule has 110 valence electrons. The highest BCUT2D eigenvalue weighted by molar-refractivity contribution is 5.83. The number of aryl methyl sites for hydroxylation is 1. The van der Waals surface area contributed by atoms with Crippen molar-refractivity contribution in [3.63, 3.8) is 0 Å². The first-order chi connectivity index (χ1) is 9.85. The summed E-state index contributed by atoms with van der Waals surface area (Å²) < 4.78 is 11.3. The van der Waals surface area contributed by atoms with E-state index in [1.807, 2.05) is 39.0 Å². The SMILES string of the molecule is COc1c(O)c(O)cc2c1OC(C)(C)c1ccc(C)cc1-2. The first-order valence-corrected chi connectivity index (χ1v) is 6.78. The second kappa shape index (κ2) is 4.32. The molecule has 1 aliphatic rings. The molecule has 0 saturated heterocycles. The predicted molar refractivity (Wildman–Crippen MR) is 80.2 cm³/mol. The number of hydrogen-bond donors (Lipinski definition) is 2. The van der Waals surface area contributed by atoms with E-state index in [0.29, 0.717) is 5.75 Å². The van der Waals surface area contributed by atoms with Crippen LogP contribution in [0.25, 0.3) is 11.1 Å². The Hall–Kier alpha value is -2.36. The lowest BCUT2D eigenvalue weighted by molar-refractivity contribution is 0.0999. The third kappa shape index (κ3) is 1.90. The Bertz CT molecular complexity index is 732. The third-order valence-corrected chi connectivity index (χ3v) is 3.86. The molecule has 2 aromatic carbocycles. The van der Waals surface area contributed by atoms with Crippen LogP contribution in [0, 0.1) is 6.92 Å².